The highest BCUT2D eigenvalue weighted by Gasteiger charge is 2.18. The minimum absolute atomic E-state index is 0.0356. The highest BCUT2D eigenvalue weighted by atomic mass is 32.2. The van der Waals surface area contributed by atoms with Crippen LogP contribution in [0.25, 0.3) is 11.2 Å². The molecule has 21 heavy (non-hydrogen) atoms. The number of nitrogens with zero attached hydrogens (tertiary/aromatic N) is 4. The van der Waals surface area contributed by atoms with Crippen LogP contribution in [0.15, 0.2) is 5.16 Å². The topological polar surface area (TPSA) is 99.6 Å². The van der Waals surface area contributed by atoms with Gasteiger partial charge in [0.1, 0.15) is 0 Å². The summed E-state index contributed by atoms with van der Waals surface area (Å²) >= 11 is 1.68. The molecule has 2 aromatic heterocycles. The Morgan fingerprint density at radius 2 is 2.14 bits per heavy atom. The van der Waals surface area contributed by atoms with E-state index in [4.69, 9.17) is 0 Å². The predicted octanol–water partition coefficient (Wildman–Crippen LogP) is 1.82. The molecule has 114 valence electrons. The molecule has 0 bridgehead atoms. The van der Waals surface area contributed by atoms with Crippen LogP contribution in [-0.2, 0) is 0 Å². The average molecular weight is 308 g/mol. The van der Waals surface area contributed by atoms with Gasteiger partial charge >= 0.3 is 0 Å². The molecule has 0 aliphatic heterocycles. The minimum Gasteiger partial charge on any atom is -0.394 e. The van der Waals surface area contributed by atoms with E-state index in [1.54, 1.807) is 11.8 Å². The summed E-state index contributed by atoms with van der Waals surface area (Å²) in [5.41, 5.74) is 1.17. The first-order chi connectivity index (χ1) is 10.3. The Hall–Kier alpha value is -1.41. The van der Waals surface area contributed by atoms with Crippen LogP contribution in [0.2, 0.25) is 0 Å². The summed E-state index contributed by atoms with van der Waals surface area (Å²) in [6.45, 7) is 1.92. The summed E-state index contributed by atoms with van der Waals surface area (Å²) in [6, 6.07) is -0.0903. The van der Waals surface area contributed by atoms with E-state index in [0.717, 1.165) is 16.8 Å². The lowest BCUT2D eigenvalue weighted by Gasteiger charge is -2.12. The van der Waals surface area contributed by atoms with E-state index in [-0.39, 0.29) is 12.6 Å². The van der Waals surface area contributed by atoms with E-state index >= 15 is 0 Å². The van der Waals surface area contributed by atoms with Crippen molar-refractivity contribution in [1.82, 2.24) is 25.4 Å². The van der Waals surface area contributed by atoms with Crippen molar-refractivity contribution in [3.05, 3.63) is 0 Å². The molecule has 1 aliphatic carbocycles. The number of aliphatic hydroxyl groups excluding tert-OH is 1. The number of rotatable bonds is 6. The highest BCUT2D eigenvalue weighted by molar-refractivity contribution is 7.99. The third-order valence-electron chi connectivity index (χ3n) is 3.74. The first-order valence-corrected chi connectivity index (χ1v) is 8.33. The lowest BCUT2D eigenvalue weighted by Crippen LogP contribution is -2.20. The zero-order valence-corrected chi connectivity index (χ0v) is 12.9. The zero-order chi connectivity index (χ0) is 14.7. The van der Waals surface area contributed by atoms with Crippen molar-refractivity contribution in [3.63, 3.8) is 0 Å². The van der Waals surface area contributed by atoms with E-state index in [9.17, 15) is 5.11 Å². The van der Waals surface area contributed by atoms with Gasteiger partial charge in [0.2, 0.25) is 5.65 Å². The van der Waals surface area contributed by atoms with Gasteiger partial charge in [-0.25, -0.2) is 4.98 Å². The molecule has 0 radical (unpaired) electrons. The van der Waals surface area contributed by atoms with Crippen molar-refractivity contribution in [3.8, 4) is 0 Å². The van der Waals surface area contributed by atoms with Crippen LogP contribution in [0.3, 0.4) is 0 Å². The number of thioether (sulfide) groups is 1. The molecule has 0 aromatic carbocycles. The zero-order valence-electron chi connectivity index (χ0n) is 12.0. The monoisotopic (exact) mass is 308 g/mol. The fourth-order valence-corrected chi connectivity index (χ4v) is 3.56. The van der Waals surface area contributed by atoms with Crippen LogP contribution in [-0.4, -0.2) is 48.9 Å². The Morgan fingerprint density at radius 3 is 2.90 bits per heavy atom. The van der Waals surface area contributed by atoms with Crippen LogP contribution in [0.5, 0.6) is 0 Å². The maximum absolute atomic E-state index is 9.18. The third kappa shape index (κ3) is 3.44. The summed E-state index contributed by atoms with van der Waals surface area (Å²) in [7, 11) is 0. The van der Waals surface area contributed by atoms with Crippen molar-refractivity contribution in [2.75, 3.05) is 17.7 Å². The second kappa shape index (κ2) is 6.57. The SMILES string of the molecule is C[C@H](CO)Nc1nc(SCC2CCCC2)nc2n[nH]nc12. The van der Waals surface area contributed by atoms with Gasteiger partial charge in [-0.15, -0.1) is 5.10 Å². The van der Waals surface area contributed by atoms with Gasteiger partial charge in [0.15, 0.2) is 16.5 Å². The Morgan fingerprint density at radius 1 is 1.33 bits per heavy atom. The normalized spacial score (nSPS) is 17.4. The summed E-state index contributed by atoms with van der Waals surface area (Å²) in [6.07, 6.45) is 5.31. The van der Waals surface area contributed by atoms with Gasteiger partial charge in [0.05, 0.1) is 6.61 Å². The van der Waals surface area contributed by atoms with Gasteiger partial charge in [0, 0.05) is 11.8 Å². The second-order valence-electron chi connectivity index (χ2n) is 5.54. The fourth-order valence-electron chi connectivity index (χ4n) is 2.54. The largest absolute Gasteiger partial charge is 0.394 e. The van der Waals surface area contributed by atoms with Gasteiger partial charge in [-0.05, 0) is 25.7 Å². The first-order valence-electron chi connectivity index (χ1n) is 7.35. The summed E-state index contributed by atoms with van der Waals surface area (Å²) in [5, 5.41) is 23.8. The first kappa shape index (κ1) is 14.5. The molecule has 1 saturated carbocycles. The van der Waals surface area contributed by atoms with Crippen LogP contribution < -0.4 is 5.32 Å². The molecule has 3 rings (SSSR count). The van der Waals surface area contributed by atoms with E-state index in [2.05, 4.69) is 30.7 Å². The highest BCUT2D eigenvalue weighted by Crippen LogP contribution is 2.30. The van der Waals surface area contributed by atoms with E-state index in [1.165, 1.54) is 25.7 Å². The molecular formula is C13H20N6OS. The lowest BCUT2D eigenvalue weighted by molar-refractivity contribution is 0.281. The Kier molecular flexibility index (Phi) is 4.54. The second-order valence-corrected chi connectivity index (χ2v) is 6.53. The molecule has 0 amide bonds. The Labute approximate surface area is 127 Å². The van der Waals surface area contributed by atoms with Crippen LogP contribution in [0.4, 0.5) is 5.82 Å². The van der Waals surface area contributed by atoms with Crippen molar-refractivity contribution in [2.24, 2.45) is 5.92 Å². The average Bonchev–Trinajstić information content (AvgIpc) is 3.16. The number of aliphatic hydroxyl groups is 1. The molecule has 3 N–H and O–H groups in total. The number of aromatic amines is 1. The molecule has 1 atom stereocenters. The van der Waals surface area contributed by atoms with Crippen LogP contribution in [0, 0.1) is 5.92 Å². The van der Waals surface area contributed by atoms with Crippen LogP contribution >= 0.6 is 11.8 Å². The number of hydrogen-bond acceptors (Lipinski definition) is 7. The molecular weight excluding hydrogens is 288 g/mol. The lowest BCUT2D eigenvalue weighted by atomic mass is 10.1. The number of anilines is 1. The molecule has 1 fully saturated rings. The Bertz CT molecular complexity index is 597. The molecule has 2 aromatic rings. The number of hydrogen-bond donors (Lipinski definition) is 3. The van der Waals surface area contributed by atoms with Crippen molar-refractivity contribution < 1.29 is 5.11 Å². The fraction of sp³-hybridized carbons (Fsp3) is 0.692. The molecule has 0 unspecified atom stereocenters. The number of aromatic nitrogens is 5. The van der Waals surface area contributed by atoms with Gasteiger partial charge in [-0.3, -0.25) is 0 Å². The standard InChI is InChI=1S/C13H20N6OS/c1-8(6-20)14-11-10-12(18-19-17-10)16-13(15-11)21-7-9-4-2-3-5-9/h8-9,20H,2-7H2,1H3,(H2,14,15,16,17,18,19)/t8-/m1/s1. The number of H-pyrrole nitrogens is 1. The van der Waals surface area contributed by atoms with E-state index in [0.29, 0.717) is 17.0 Å². The minimum atomic E-state index is -0.0903. The summed E-state index contributed by atoms with van der Waals surface area (Å²) in [4.78, 5) is 8.96. The predicted molar refractivity (Wildman–Crippen MR) is 82.3 cm³/mol. The summed E-state index contributed by atoms with van der Waals surface area (Å²) < 4.78 is 0. The van der Waals surface area contributed by atoms with Crippen molar-refractivity contribution in [2.45, 2.75) is 43.8 Å². The van der Waals surface area contributed by atoms with Crippen molar-refractivity contribution >= 4 is 28.7 Å². The molecule has 2 heterocycles. The van der Waals surface area contributed by atoms with Gasteiger partial charge in [-0.2, -0.15) is 15.3 Å². The molecule has 0 saturated heterocycles. The third-order valence-corrected chi connectivity index (χ3v) is 4.82. The summed E-state index contributed by atoms with van der Waals surface area (Å²) in [5.74, 6) is 2.46. The quantitative estimate of drug-likeness (QED) is 0.553. The smallest absolute Gasteiger partial charge is 0.207 e. The molecule has 0 spiro atoms. The van der Waals surface area contributed by atoms with Crippen molar-refractivity contribution in [1.29, 1.82) is 0 Å². The van der Waals surface area contributed by atoms with E-state index < -0.39 is 0 Å². The number of fused-ring (bicyclic) bond motifs is 1. The molecule has 7 nitrogen and oxygen atoms in total. The maximum Gasteiger partial charge on any atom is 0.207 e. The molecule has 8 heteroatoms. The molecule has 1 aliphatic rings. The number of nitrogens with one attached hydrogen (secondary N) is 2. The van der Waals surface area contributed by atoms with Gasteiger partial charge in [-0.1, -0.05) is 24.6 Å². The van der Waals surface area contributed by atoms with E-state index in [1.807, 2.05) is 6.92 Å². The Balaban J connectivity index is 1.78. The van der Waals surface area contributed by atoms with Gasteiger partial charge in [0.25, 0.3) is 0 Å². The van der Waals surface area contributed by atoms with Gasteiger partial charge < -0.3 is 10.4 Å². The maximum atomic E-state index is 9.18. The van der Waals surface area contributed by atoms with Crippen LogP contribution in [0.1, 0.15) is 32.6 Å².